The van der Waals surface area contributed by atoms with Crippen LogP contribution in [0.4, 0.5) is 10.1 Å². The summed E-state index contributed by atoms with van der Waals surface area (Å²) >= 11 is 5.64. The Bertz CT molecular complexity index is 1000. The van der Waals surface area contributed by atoms with Gasteiger partial charge in [0.05, 0.1) is 5.02 Å². The molecule has 0 aliphatic rings. The van der Waals surface area contributed by atoms with Crippen LogP contribution in [-0.4, -0.2) is 18.6 Å². The normalized spacial score (nSPS) is 11.5. The van der Waals surface area contributed by atoms with Crippen molar-refractivity contribution >= 4 is 27.3 Å². The Morgan fingerprint density at radius 1 is 1.21 bits per heavy atom. The van der Waals surface area contributed by atoms with Gasteiger partial charge < -0.3 is 4.52 Å². The Labute approximate surface area is 142 Å². The van der Waals surface area contributed by atoms with Crippen molar-refractivity contribution in [3.05, 3.63) is 59.2 Å². The van der Waals surface area contributed by atoms with Crippen molar-refractivity contribution in [2.24, 2.45) is 0 Å². The summed E-state index contributed by atoms with van der Waals surface area (Å²) in [5.74, 6) is -0.295. The van der Waals surface area contributed by atoms with Crippen LogP contribution in [0.3, 0.4) is 0 Å². The summed E-state index contributed by atoms with van der Waals surface area (Å²) < 4.78 is 45.9. The lowest BCUT2D eigenvalue weighted by Crippen LogP contribution is -2.14. The number of aromatic nitrogens is 2. The van der Waals surface area contributed by atoms with Crippen molar-refractivity contribution in [3.8, 4) is 11.4 Å². The molecule has 0 atom stereocenters. The maximum absolute atomic E-state index is 14.0. The smallest absolute Gasteiger partial charge is 0.264 e. The second-order valence-corrected chi connectivity index (χ2v) is 6.93. The Hall–Kier alpha value is -2.45. The van der Waals surface area contributed by atoms with Crippen molar-refractivity contribution in [1.29, 1.82) is 0 Å². The molecule has 1 aromatic heterocycles. The molecule has 9 heteroatoms. The molecule has 1 heterocycles. The van der Waals surface area contributed by atoms with Gasteiger partial charge >= 0.3 is 0 Å². The van der Waals surface area contributed by atoms with Crippen molar-refractivity contribution in [2.75, 3.05) is 4.72 Å². The second kappa shape index (κ2) is 6.21. The Balaban J connectivity index is 1.95. The molecule has 0 aliphatic heterocycles. The highest BCUT2D eigenvalue weighted by Gasteiger charge is 2.21. The summed E-state index contributed by atoms with van der Waals surface area (Å²) in [7, 11) is -4.13. The molecule has 0 aliphatic carbocycles. The number of hydrogen-bond acceptors (Lipinski definition) is 5. The number of nitrogens with one attached hydrogen (secondary N) is 1. The number of rotatable bonds is 4. The third-order valence-corrected chi connectivity index (χ3v) is 4.80. The van der Waals surface area contributed by atoms with Crippen LogP contribution in [0.25, 0.3) is 11.4 Å². The largest absolute Gasteiger partial charge is 0.339 e. The van der Waals surface area contributed by atoms with Crippen molar-refractivity contribution in [1.82, 2.24) is 10.1 Å². The molecule has 24 heavy (non-hydrogen) atoms. The van der Waals surface area contributed by atoms with Crippen molar-refractivity contribution < 1.29 is 17.3 Å². The summed E-state index contributed by atoms with van der Waals surface area (Å²) in [6.45, 7) is 1.64. The zero-order valence-electron chi connectivity index (χ0n) is 12.3. The molecule has 0 radical (unpaired) electrons. The van der Waals surface area contributed by atoms with Crippen molar-refractivity contribution in [2.45, 2.75) is 11.8 Å². The fourth-order valence-corrected chi connectivity index (χ4v) is 3.42. The summed E-state index contributed by atoms with van der Waals surface area (Å²) in [6, 6.07) is 10.1. The number of aryl methyl sites for hydroxylation is 1. The molecule has 0 fully saturated rings. The number of halogens is 2. The maximum atomic E-state index is 14.0. The predicted molar refractivity (Wildman–Crippen MR) is 86.7 cm³/mol. The Morgan fingerprint density at radius 2 is 1.96 bits per heavy atom. The first kappa shape index (κ1) is 16.4. The van der Waals surface area contributed by atoms with Crippen LogP contribution in [0.5, 0.6) is 0 Å². The first-order valence-corrected chi connectivity index (χ1v) is 8.60. The van der Waals surface area contributed by atoms with Gasteiger partial charge in [-0.05, 0) is 24.3 Å². The topological polar surface area (TPSA) is 85.1 Å². The molecule has 124 valence electrons. The standard InChI is InChI=1S/C15H11ClFN3O3S/c1-9-18-15(19-23-9)10-4-2-5-11(8-10)20-24(21,22)13-7-3-6-12(16)14(13)17/h2-8,20H,1H3. The van der Waals surface area contributed by atoms with Crippen LogP contribution in [0.2, 0.25) is 5.02 Å². The highest BCUT2D eigenvalue weighted by atomic mass is 35.5. The van der Waals surface area contributed by atoms with Crippen molar-refractivity contribution in [3.63, 3.8) is 0 Å². The van der Waals surface area contributed by atoms with Gasteiger partial charge in [0.1, 0.15) is 4.90 Å². The quantitative estimate of drug-likeness (QED) is 0.761. The van der Waals surface area contributed by atoms with E-state index in [2.05, 4.69) is 14.9 Å². The summed E-state index contributed by atoms with van der Waals surface area (Å²) in [5, 5.41) is 3.50. The second-order valence-electron chi connectivity index (χ2n) is 4.88. The molecule has 2 aromatic carbocycles. The Morgan fingerprint density at radius 3 is 2.67 bits per heavy atom. The van der Waals surface area contributed by atoms with E-state index in [9.17, 15) is 12.8 Å². The van der Waals surface area contributed by atoms with Crippen LogP contribution < -0.4 is 4.72 Å². The molecule has 3 rings (SSSR count). The fraction of sp³-hybridized carbons (Fsp3) is 0.0667. The van der Waals surface area contributed by atoms with Crippen LogP contribution in [0.1, 0.15) is 5.89 Å². The molecule has 0 bridgehead atoms. The Kier molecular flexibility index (Phi) is 4.25. The average molecular weight is 368 g/mol. The molecule has 0 unspecified atom stereocenters. The summed E-state index contributed by atoms with van der Waals surface area (Å²) in [6.07, 6.45) is 0. The zero-order valence-corrected chi connectivity index (χ0v) is 13.9. The van der Waals surface area contributed by atoms with Crippen LogP contribution >= 0.6 is 11.6 Å². The van der Waals surface area contributed by atoms with Gasteiger partial charge in [0, 0.05) is 18.2 Å². The van der Waals surface area contributed by atoms with E-state index in [1.807, 2.05) is 0 Å². The maximum Gasteiger partial charge on any atom is 0.264 e. The molecule has 3 aromatic rings. The van der Waals surface area contributed by atoms with E-state index in [0.717, 1.165) is 6.07 Å². The van der Waals surface area contributed by atoms with E-state index in [-0.39, 0.29) is 10.7 Å². The summed E-state index contributed by atoms with van der Waals surface area (Å²) in [5.41, 5.74) is 0.785. The minimum Gasteiger partial charge on any atom is -0.339 e. The molecule has 0 spiro atoms. The van der Waals surface area contributed by atoms with E-state index < -0.39 is 20.7 Å². The average Bonchev–Trinajstić information content (AvgIpc) is 2.96. The van der Waals surface area contributed by atoms with Crippen LogP contribution in [0, 0.1) is 12.7 Å². The number of nitrogens with zero attached hydrogens (tertiary/aromatic N) is 2. The lowest BCUT2D eigenvalue weighted by atomic mass is 10.2. The molecule has 0 saturated heterocycles. The highest BCUT2D eigenvalue weighted by molar-refractivity contribution is 7.92. The van der Waals surface area contributed by atoms with Gasteiger partial charge in [-0.15, -0.1) is 0 Å². The van der Waals surface area contributed by atoms with Gasteiger partial charge in [-0.25, -0.2) is 12.8 Å². The SMILES string of the molecule is Cc1nc(-c2cccc(NS(=O)(=O)c3cccc(Cl)c3F)c2)no1. The van der Waals surface area contributed by atoms with Gasteiger partial charge in [0.15, 0.2) is 5.82 Å². The molecule has 6 nitrogen and oxygen atoms in total. The van der Waals surface area contributed by atoms with Gasteiger partial charge in [0.2, 0.25) is 11.7 Å². The van der Waals surface area contributed by atoms with E-state index in [1.54, 1.807) is 19.1 Å². The minimum absolute atomic E-state index is 0.231. The third kappa shape index (κ3) is 3.24. The first-order chi connectivity index (χ1) is 11.4. The van der Waals surface area contributed by atoms with E-state index in [4.69, 9.17) is 16.1 Å². The monoisotopic (exact) mass is 367 g/mol. The molecule has 1 N–H and O–H groups in total. The first-order valence-electron chi connectivity index (χ1n) is 6.74. The number of sulfonamides is 1. The molecular formula is C15H11ClFN3O3S. The molecule has 0 saturated carbocycles. The van der Waals surface area contributed by atoms with E-state index >= 15 is 0 Å². The minimum atomic E-state index is -4.13. The van der Waals surface area contributed by atoms with Gasteiger partial charge in [-0.1, -0.05) is 35.0 Å². The van der Waals surface area contributed by atoms with E-state index in [1.165, 1.54) is 24.3 Å². The highest BCUT2D eigenvalue weighted by Crippen LogP contribution is 2.26. The molecule has 0 amide bonds. The number of anilines is 1. The lowest BCUT2D eigenvalue weighted by Gasteiger charge is -2.10. The fourth-order valence-electron chi connectivity index (χ4n) is 2.04. The third-order valence-electron chi connectivity index (χ3n) is 3.11. The van der Waals surface area contributed by atoms with Gasteiger partial charge in [-0.2, -0.15) is 4.98 Å². The lowest BCUT2D eigenvalue weighted by molar-refractivity contribution is 0.394. The molecular weight excluding hydrogens is 357 g/mol. The zero-order chi connectivity index (χ0) is 17.3. The number of benzene rings is 2. The summed E-state index contributed by atoms with van der Waals surface area (Å²) in [4.78, 5) is 3.54. The van der Waals surface area contributed by atoms with E-state index in [0.29, 0.717) is 17.3 Å². The van der Waals surface area contributed by atoms with Gasteiger partial charge in [-0.3, -0.25) is 4.72 Å². The van der Waals surface area contributed by atoms with Gasteiger partial charge in [0.25, 0.3) is 10.0 Å². The predicted octanol–water partition coefficient (Wildman–Crippen LogP) is 3.64. The van der Waals surface area contributed by atoms with Crippen LogP contribution in [0.15, 0.2) is 51.9 Å². The van der Waals surface area contributed by atoms with Crippen LogP contribution in [-0.2, 0) is 10.0 Å². The number of hydrogen-bond donors (Lipinski definition) is 1.